The number of rotatable bonds is 6. The number of ether oxygens (including phenoxy) is 1. The van der Waals surface area contributed by atoms with Gasteiger partial charge in [0.05, 0.1) is 6.42 Å². The van der Waals surface area contributed by atoms with Gasteiger partial charge in [0, 0.05) is 5.56 Å². The highest BCUT2D eigenvalue weighted by Gasteiger charge is 2.06. The number of hydrogen-bond acceptors (Lipinski definition) is 2. The highest BCUT2D eigenvalue weighted by Crippen LogP contribution is 2.19. The van der Waals surface area contributed by atoms with Gasteiger partial charge in [-0.05, 0) is 11.6 Å². The molecule has 0 aromatic heterocycles. The van der Waals surface area contributed by atoms with E-state index in [1.165, 1.54) is 0 Å². The molecule has 0 aliphatic rings. The van der Waals surface area contributed by atoms with Gasteiger partial charge in [0.2, 0.25) is 0 Å². The van der Waals surface area contributed by atoms with E-state index in [-0.39, 0.29) is 6.42 Å². The average molecular weight is 218 g/mol. The second-order valence-electron chi connectivity index (χ2n) is 3.33. The zero-order valence-electron chi connectivity index (χ0n) is 8.98. The highest BCUT2D eigenvalue weighted by atomic mass is 16.5. The van der Waals surface area contributed by atoms with Gasteiger partial charge in [0.1, 0.15) is 12.4 Å². The standard InChI is InChI=1S/C13H14O3/c1-3-10(2)9-16-12-7-5-4-6-11(12)8-13(14)15/h3-7H,1-2,8-9H2,(H,14,15). The smallest absolute Gasteiger partial charge is 0.307 e. The van der Waals surface area contributed by atoms with Crippen LogP contribution in [0, 0.1) is 0 Å². The Labute approximate surface area is 94.7 Å². The van der Waals surface area contributed by atoms with Crippen LogP contribution in [-0.4, -0.2) is 17.7 Å². The van der Waals surface area contributed by atoms with Crippen molar-refractivity contribution < 1.29 is 14.6 Å². The van der Waals surface area contributed by atoms with Crippen molar-refractivity contribution in [2.75, 3.05) is 6.61 Å². The van der Waals surface area contributed by atoms with Crippen molar-refractivity contribution in [1.29, 1.82) is 0 Å². The Balaban J connectivity index is 2.74. The van der Waals surface area contributed by atoms with E-state index in [1.807, 2.05) is 0 Å². The second-order valence-corrected chi connectivity index (χ2v) is 3.33. The molecule has 0 bridgehead atoms. The molecule has 0 saturated carbocycles. The molecular formula is C13H14O3. The van der Waals surface area contributed by atoms with Crippen LogP contribution >= 0.6 is 0 Å². The maximum absolute atomic E-state index is 10.6. The summed E-state index contributed by atoms with van der Waals surface area (Å²) < 4.78 is 5.46. The van der Waals surface area contributed by atoms with E-state index in [9.17, 15) is 4.79 Å². The summed E-state index contributed by atoms with van der Waals surface area (Å²) in [7, 11) is 0. The van der Waals surface area contributed by atoms with Gasteiger partial charge in [-0.2, -0.15) is 0 Å². The summed E-state index contributed by atoms with van der Waals surface area (Å²) >= 11 is 0. The van der Waals surface area contributed by atoms with Crippen molar-refractivity contribution in [3.05, 3.63) is 54.6 Å². The Kier molecular flexibility index (Phi) is 4.33. The second kappa shape index (κ2) is 5.75. The lowest BCUT2D eigenvalue weighted by Crippen LogP contribution is -2.05. The fourth-order valence-corrected chi connectivity index (χ4v) is 1.18. The van der Waals surface area contributed by atoms with Gasteiger partial charge in [-0.3, -0.25) is 4.79 Å². The van der Waals surface area contributed by atoms with Gasteiger partial charge in [0.15, 0.2) is 0 Å². The number of carboxylic acids is 1. The van der Waals surface area contributed by atoms with Crippen LogP contribution in [0.25, 0.3) is 0 Å². The zero-order chi connectivity index (χ0) is 12.0. The van der Waals surface area contributed by atoms with Crippen molar-refractivity contribution >= 4 is 5.97 Å². The third-order valence-electron chi connectivity index (χ3n) is 2.02. The summed E-state index contributed by atoms with van der Waals surface area (Å²) in [5.41, 5.74) is 1.41. The van der Waals surface area contributed by atoms with E-state index in [4.69, 9.17) is 9.84 Å². The highest BCUT2D eigenvalue weighted by molar-refractivity contribution is 5.71. The molecule has 1 aromatic rings. The minimum atomic E-state index is -0.876. The first-order valence-electron chi connectivity index (χ1n) is 4.86. The first-order chi connectivity index (χ1) is 7.63. The monoisotopic (exact) mass is 218 g/mol. The molecule has 0 fully saturated rings. The summed E-state index contributed by atoms with van der Waals surface area (Å²) in [4.78, 5) is 10.6. The van der Waals surface area contributed by atoms with E-state index >= 15 is 0 Å². The van der Waals surface area contributed by atoms with Gasteiger partial charge in [-0.25, -0.2) is 0 Å². The van der Waals surface area contributed by atoms with E-state index < -0.39 is 5.97 Å². The first-order valence-corrected chi connectivity index (χ1v) is 4.86. The van der Waals surface area contributed by atoms with Crippen molar-refractivity contribution in [3.63, 3.8) is 0 Å². The van der Waals surface area contributed by atoms with Crippen LogP contribution in [0.3, 0.4) is 0 Å². The molecule has 0 saturated heterocycles. The Morgan fingerprint density at radius 3 is 2.75 bits per heavy atom. The normalized spacial score (nSPS) is 9.50. The fourth-order valence-electron chi connectivity index (χ4n) is 1.18. The number of para-hydroxylation sites is 1. The Bertz CT molecular complexity index is 407. The third kappa shape index (κ3) is 3.61. The van der Waals surface area contributed by atoms with Crippen LogP contribution in [0.15, 0.2) is 49.1 Å². The number of aliphatic carboxylic acids is 1. The summed E-state index contributed by atoms with van der Waals surface area (Å²) in [6.07, 6.45) is 1.57. The first kappa shape index (κ1) is 12.0. The lowest BCUT2D eigenvalue weighted by atomic mass is 10.1. The van der Waals surface area contributed by atoms with E-state index in [1.54, 1.807) is 30.3 Å². The van der Waals surface area contributed by atoms with Gasteiger partial charge >= 0.3 is 5.97 Å². The van der Waals surface area contributed by atoms with Gasteiger partial charge in [-0.15, -0.1) is 0 Å². The summed E-state index contributed by atoms with van der Waals surface area (Å²) in [6.45, 7) is 7.61. The largest absolute Gasteiger partial charge is 0.489 e. The molecular weight excluding hydrogens is 204 g/mol. The van der Waals surface area contributed by atoms with Crippen LogP contribution in [0.4, 0.5) is 0 Å². The van der Waals surface area contributed by atoms with Crippen molar-refractivity contribution in [2.45, 2.75) is 6.42 Å². The molecule has 0 radical (unpaired) electrons. The summed E-state index contributed by atoms with van der Waals surface area (Å²) in [5.74, 6) is -0.300. The SMILES string of the molecule is C=CC(=C)COc1ccccc1CC(=O)O. The molecule has 1 aromatic carbocycles. The van der Waals surface area contributed by atoms with Crippen molar-refractivity contribution in [3.8, 4) is 5.75 Å². The minimum Gasteiger partial charge on any atom is -0.489 e. The predicted molar refractivity (Wildman–Crippen MR) is 62.6 cm³/mol. The number of benzene rings is 1. The van der Waals surface area contributed by atoms with Gasteiger partial charge in [0.25, 0.3) is 0 Å². The lowest BCUT2D eigenvalue weighted by Gasteiger charge is -2.09. The average Bonchev–Trinajstić information content (AvgIpc) is 2.26. The van der Waals surface area contributed by atoms with Crippen LogP contribution in [0.1, 0.15) is 5.56 Å². The maximum atomic E-state index is 10.6. The molecule has 0 heterocycles. The Morgan fingerprint density at radius 2 is 2.12 bits per heavy atom. The number of carbonyl (C=O) groups is 1. The Morgan fingerprint density at radius 1 is 1.44 bits per heavy atom. The summed E-state index contributed by atoms with van der Waals surface area (Å²) in [5, 5.41) is 8.73. The molecule has 1 rings (SSSR count). The Hall–Kier alpha value is -2.03. The molecule has 0 atom stereocenters. The number of hydrogen-bond donors (Lipinski definition) is 1. The predicted octanol–water partition coefficient (Wildman–Crippen LogP) is 2.43. The van der Waals surface area contributed by atoms with Gasteiger partial charge < -0.3 is 9.84 Å². The molecule has 0 spiro atoms. The van der Waals surface area contributed by atoms with E-state index in [0.717, 1.165) is 5.57 Å². The van der Waals surface area contributed by atoms with Crippen molar-refractivity contribution in [1.82, 2.24) is 0 Å². The lowest BCUT2D eigenvalue weighted by molar-refractivity contribution is -0.136. The molecule has 0 unspecified atom stereocenters. The van der Waals surface area contributed by atoms with Crippen LogP contribution < -0.4 is 4.74 Å². The van der Waals surface area contributed by atoms with E-state index in [0.29, 0.717) is 17.9 Å². The minimum absolute atomic E-state index is 0.0449. The molecule has 3 heteroatoms. The molecule has 0 aliphatic heterocycles. The van der Waals surface area contributed by atoms with Crippen LogP contribution in [0.2, 0.25) is 0 Å². The zero-order valence-corrected chi connectivity index (χ0v) is 8.98. The van der Waals surface area contributed by atoms with Gasteiger partial charge in [-0.1, -0.05) is 37.4 Å². The molecule has 0 aliphatic carbocycles. The third-order valence-corrected chi connectivity index (χ3v) is 2.02. The fraction of sp³-hybridized carbons (Fsp3) is 0.154. The van der Waals surface area contributed by atoms with Crippen molar-refractivity contribution in [2.24, 2.45) is 0 Å². The molecule has 3 nitrogen and oxygen atoms in total. The topological polar surface area (TPSA) is 46.5 Å². The number of carboxylic acid groups (broad SMARTS) is 1. The molecule has 84 valence electrons. The molecule has 16 heavy (non-hydrogen) atoms. The van der Waals surface area contributed by atoms with E-state index in [2.05, 4.69) is 13.2 Å². The maximum Gasteiger partial charge on any atom is 0.307 e. The van der Waals surface area contributed by atoms with Crippen LogP contribution in [0.5, 0.6) is 5.75 Å². The molecule has 1 N–H and O–H groups in total. The molecule has 0 amide bonds. The van der Waals surface area contributed by atoms with Crippen LogP contribution in [-0.2, 0) is 11.2 Å². The quantitative estimate of drug-likeness (QED) is 0.746. The summed E-state index contributed by atoms with van der Waals surface area (Å²) in [6, 6.07) is 7.07.